The molecule has 2 aromatic heterocycles. The van der Waals surface area contributed by atoms with Gasteiger partial charge in [0, 0.05) is 44.3 Å². The summed E-state index contributed by atoms with van der Waals surface area (Å²) in [4.78, 5) is 17.4. The van der Waals surface area contributed by atoms with Crippen LogP contribution in [0.4, 0.5) is 11.6 Å². The van der Waals surface area contributed by atoms with E-state index in [2.05, 4.69) is 20.6 Å². The van der Waals surface area contributed by atoms with E-state index in [0.29, 0.717) is 34.7 Å². The molecule has 0 fully saturated rings. The highest BCUT2D eigenvalue weighted by molar-refractivity contribution is 6.02. The molecule has 4 aromatic rings. The molecular weight excluding hydrogens is 388 g/mol. The van der Waals surface area contributed by atoms with E-state index in [1.807, 2.05) is 6.07 Å². The molecule has 0 aliphatic carbocycles. The highest BCUT2D eigenvalue weighted by Crippen LogP contribution is 2.32. The fraction of sp³-hybridized carbons (Fsp3) is 0.200. The molecule has 0 spiro atoms. The van der Waals surface area contributed by atoms with Crippen molar-refractivity contribution in [3.63, 3.8) is 0 Å². The molecule has 0 radical (unpaired) electrons. The third-order valence-corrected chi connectivity index (χ3v) is 4.70. The van der Waals surface area contributed by atoms with Crippen LogP contribution in [0.5, 0.6) is 5.75 Å². The minimum atomic E-state index is -1.08. The molecule has 0 unspecified atom stereocenters. The van der Waals surface area contributed by atoms with E-state index < -0.39 is 5.97 Å². The molecule has 0 saturated heterocycles. The van der Waals surface area contributed by atoms with Crippen LogP contribution in [0.2, 0.25) is 0 Å². The smallest absolute Gasteiger partial charge is 0.357 e. The van der Waals surface area contributed by atoms with Crippen LogP contribution in [0, 0.1) is 0 Å². The number of carboxylic acid groups (broad SMARTS) is 1. The number of hydrogen-bond acceptors (Lipinski definition) is 8. The van der Waals surface area contributed by atoms with Crippen molar-refractivity contribution in [2.24, 2.45) is 7.05 Å². The zero-order chi connectivity index (χ0) is 21.4. The minimum Gasteiger partial charge on any atom is -0.507 e. The Balaban J connectivity index is 1.59. The second-order valence-corrected chi connectivity index (χ2v) is 6.97. The van der Waals surface area contributed by atoms with E-state index in [0.717, 1.165) is 5.52 Å². The van der Waals surface area contributed by atoms with Gasteiger partial charge < -0.3 is 25.0 Å². The van der Waals surface area contributed by atoms with Crippen LogP contribution >= 0.6 is 0 Å². The van der Waals surface area contributed by atoms with E-state index >= 15 is 0 Å². The summed E-state index contributed by atoms with van der Waals surface area (Å²) in [7, 11) is 5.29. The number of hydrogen-bond donors (Lipinski definition) is 3. The molecule has 0 aliphatic rings. The number of aromatic nitrogens is 4. The second kappa shape index (κ2) is 7.39. The van der Waals surface area contributed by atoms with Crippen molar-refractivity contribution in [1.82, 2.24) is 19.9 Å². The molecule has 3 N–H and O–H groups in total. The molecule has 154 valence electrons. The van der Waals surface area contributed by atoms with Crippen molar-refractivity contribution in [2.75, 3.05) is 24.3 Å². The third kappa shape index (κ3) is 3.39. The van der Waals surface area contributed by atoms with Gasteiger partial charge in [-0.1, -0.05) is 12.1 Å². The summed E-state index contributed by atoms with van der Waals surface area (Å²) < 4.78 is 6.78. The van der Waals surface area contributed by atoms with Gasteiger partial charge in [-0.2, -0.15) is 10.1 Å². The van der Waals surface area contributed by atoms with Gasteiger partial charge in [-0.25, -0.2) is 4.79 Å². The lowest BCUT2D eigenvalue weighted by Crippen LogP contribution is -2.10. The van der Waals surface area contributed by atoms with Crippen molar-refractivity contribution >= 4 is 28.5 Å². The molecule has 2 heterocycles. The number of para-hydroxylation sites is 1. The maximum absolute atomic E-state index is 11.4. The molecule has 10 nitrogen and oxygen atoms in total. The van der Waals surface area contributed by atoms with Crippen LogP contribution in [0.15, 0.2) is 40.9 Å². The lowest BCUT2D eigenvalue weighted by atomic mass is 10.1. The minimum absolute atomic E-state index is 0.00548. The Hall–Kier alpha value is -4.08. The zero-order valence-electron chi connectivity index (χ0n) is 16.6. The first-order valence-electron chi connectivity index (χ1n) is 9.11. The van der Waals surface area contributed by atoms with Gasteiger partial charge in [-0.05, 0) is 29.4 Å². The number of phenolic OH excluding ortho intramolecular Hbond substituents is 1. The highest BCUT2D eigenvalue weighted by atomic mass is 16.5. The average Bonchev–Trinajstić information content (AvgIpc) is 3.32. The van der Waals surface area contributed by atoms with Gasteiger partial charge in [0.25, 0.3) is 11.8 Å². The van der Waals surface area contributed by atoms with Crippen molar-refractivity contribution in [1.29, 1.82) is 0 Å². The van der Waals surface area contributed by atoms with Gasteiger partial charge in [0.2, 0.25) is 0 Å². The molecule has 0 bridgehead atoms. The maximum Gasteiger partial charge on any atom is 0.357 e. The standard InChI is InChI=1S/C20H20N6O4/c1-25(2)20-22-18(30-24-20)13-6-4-5-11(17(13)27)10-21-12-7-8-15-14(9-12)16(19(28)29)23-26(15)3/h4-9,21,27H,10H2,1-3H3,(H,28,29). The maximum atomic E-state index is 11.4. The first kappa shape index (κ1) is 19.2. The lowest BCUT2D eigenvalue weighted by Gasteiger charge is -2.10. The van der Waals surface area contributed by atoms with E-state index in [9.17, 15) is 15.0 Å². The Kier molecular flexibility index (Phi) is 4.74. The summed E-state index contributed by atoms with van der Waals surface area (Å²) in [6, 6.07) is 10.6. The Morgan fingerprint density at radius 2 is 2.07 bits per heavy atom. The van der Waals surface area contributed by atoms with E-state index in [4.69, 9.17) is 4.52 Å². The van der Waals surface area contributed by atoms with E-state index in [1.165, 1.54) is 4.68 Å². The predicted octanol–water partition coefficient (Wildman–Crippen LogP) is 2.71. The lowest BCUT2D eigenvalue weighted by molar-refractivity contribution is 0.0691. The number of carbonyl (C=O) groups is 1. The Bertz CT molecular complexity index is 1240. The number of carboxylic acids is 1. The Morgan fingerprint density at radius 1 is 1.27 bits per heavy atom. The normalized spacial score (nSPS) is 11.0. The van der Waals surface area contributed by atoms with Gasteiger partial charge in [0.15, 0.2) is 5.69 Å². The monoisotopic (exact) mass is 408 g/mol. The first-order chi connectivity index (χ1) is 14.3. The number of benzene rings is 2. The molecule has 30 heavy (non-hydrogen) atoms. The third-order valence-electron chi connectivity index (χ3n) is 4.70. The number of phenols is 1. The summed E-state index contributed by atoms with van der Waals surface area (Å²) in [6.07, 6.45) is 0. The quantitative estimate of drug-likeness (QED) is 0.441. The van der Waals surface area contributed by atoms with Crippen LogP contribution in [-0.4, -0.2) is 50.2 Å². The Labute approximate surface area is 171 Å². The average molecular weight is 408 g/mol. The molecule has 2 aromatic carbocycles. The zero-order valence-corrected chi connectivity index (χ0v) is 16.6. The summed E-state index contributed by atoms with van der Waals surface area (Å²) in [6.45, 7) is 0.308. The van der Waals surface area contributed by atoms with Crippen LogP contribution in [0.3, 0.4) is 0 Å². The van der Waals surface area contributed by atoms with E-state index in [1.54, 1.807) is 56.4 Å². The van der Waals surface area contributed by atoms with Crippen molar-refractivity contribution in [2.45, 2.75) is 6.54 Å². The molecule has 4 rings (SSSR count). The summed E-state index contributed by atoms with van der Waals surface area (Å²) in [5.74, 6) is -0.416. The number of fused-ring (bicyclic) bond motifs is 1. The van der Waals surface area contributed by atoms with Crippen molar-refractivity contribution in [3.05, 3.63) is 47.7 Å². The van der Waals surface area contributed by atoms with Crippen LogP contribution in [0.1, 0.15) is 16.1 Å². The van der Waals surface area contributed by atoms with Gasteiger partial charge in [0.1, 0.15) is 5.75 Å². The van der Waals surface area contributed by atoms with Gasteiger partial charge >= 0.3 is 5.97 Å². The molecule has 0 saturated carbocycles. The Morgan fingerprint density at radius 3 is 2.77 bits per heavy atom. The van der Waals surface area contributed by atoms with Crippen LogP contribution < -0.4 is 10.2 Å². The summed E-state index contributed by atoms with van der Waals surface area (Å²) in [5.41, 5.74) is 2.48. The fourth-order valence-corrected chi connectivity index (χ4v) is 3.14. The molecular formula is C20H20N6O4. The fourth-order valence-electron chi connectivity index (χ4n) is 3.14. The largest absolute Gasteiger partial charge is 0.507 e. The van der Waals surface area contributed by atoms with Gasteiger partial charge in [0.05, 0.1) is 11.1 Å². The van der Waals surface area contributed by atoms with Gasteiger partial charge in [-0.3, -0.25) is 4.68 Å². The molecule has 0 atom stereocenters. The highest BCUT2D eigenvalue weighted by Gasteiger charge is 2.17. The van der Waals surface area contributed by atoms with E-state index in [-0.39, 0.29) is 17.3 Å². The van der Waals surface area contributed by atoms with Crippen molar-refractivity contribution in [3.8, 4) is 17.2 Å². The number of aromatic carboxylic acids is 1. The van der Waals surface area contributed by atoms with Crippen LogP contribution in [0.25, 0.3) is 22.4 Å². The molecule has 0 amide bonds. The topological polar surface area (TPSA) is 130 Å². The summed E-state index contributed by atoms with van der Waals surface area (Å²) >= 11 is 0. The molecule has 0 aliphatic heterocycles. The molecule has 10 heteroatoms. The van der Waals surface area contributed by atoms with Crippen molar-refractivity contribution < 1.29 is 19.5 Å². The predicted molar refractivity (Wildman–Crippen MR) is 111 cm³/mol. The number of anilines is 2. The number of rotatable bonds is 6. The number of aromatic hydroxyl groups is 1. The number of nitrogens with one attached hydrogen (secondary N) is 1. The van der Waals surface area contributed by atoms with Crippen LogP contribution in [-0.2, 0) is 13.6 Å². The SMILES string of the molecule is CN(C)c1noc(-c2cccc(CNc3ccc4c(c3)c(C(=O)O)nn4C)c2O)n1. The van der Waals surface area contributed by atoms with Gasteiger partial charge in [-0.15, -0.1) is 0 Å². The second-order valence-electron chi connectivity index (χ2n) is 6.97. The summed E-state index contributed by atoms with van der Waals surface area (Å²) in [5, 5.41) is 31.7. The number of aryl methyl sites for hydroxylation is 1. The number of nitrogens with zero attached hydrogens (tertiary/aromatic N) is 5. The first-order valence-corrected chi connectivity index (χ1v) is 9.11.